The van der Waals surface area contributed by atoms with Crippen LogP contribution in [0.15, 0.2) is 0 Å². The molecule has 0 radical (unpaired) electrons. The third kappa shape index (κ3) is 8.50. The van der Waals surface area contributed by atoms with Gasteiger partial charge in [0.25, 0.3) is 0 Å². The lowest BCUT2D eigenvalue weighted by atomic mass is 10.1. The predicted molar refractivity (Wildman–Crippen MR) is 63.7 cm³/mol. The SMILES string of the molecule is CCCCOC(=O)N[C@@H](CCCCN)C(=O)O. The fourth-order valence-electron chi connectivity index (χ4n) is 1.24. The van der Waals surface area contributed by atoms with E-state index in [4.69, 9.17) is 15.6 Å². The van der Waals surface area contributed by atoms with Crippen molar-refractivity contribution in [2.75, 3.05) is 13.2 Å². The van der Waals surface area contributed by atoms with Crippen LogP contribution in [-0.4, -0.2) is 36.4 Å². The number of amides is 1. The standard InChI is InChI=1S/C11H22N2O4/c1-2-3-8-17-11(16)13-9(10(14)15)6-4-5-7-12/h9H,2-8,12H2,1H3,(H,13,16)(H,14,15)/t9-/m0/s1. The Kier molecular flexibility index (Phi) is 9.14. The van der Waals surface area contributed by atoms with Gasteiger partial charge >= 0.3 is 12.1 Å². The molecule has 0 aromatic rings. The van der Waals surface area contributed by atoms with Crippen LogP contribution in [0.1, 0.15) is 39.0 Å². The van der Waals surface area contributed by atoms with Gasteiger partial charge in [-0.1, -0.05) is 13.3 Å². The van der Waals surface area contributed by atoms with Crippen molar-refractivity contribution in [2.45, 2.75) is 45.1 Å². The lowest BCUT2D eigenvalue weighted by Crippen LogP contribution is -2.41. The molecule has 0 aromatic heterocycles. The second-order valence-electron chi connectivity index (χ2n) is 3.81. The van der Waals surface area contributed by atoms with E-state index >= 15 is 0 Å². The topological polar surface area (TPSA) is 102 Å². The zero-order valence-corrected chi connectivity index (χ0v) is 10.3. The molecule has 0 aliphatic rings. The Morgan fingerprint density at radius 2 is 2.06 bits per heavy atom. The number of unbranched alkanes of at least 4 members (excludes halogenated alkanes) is 2. The second-order valence-corrected chi connectivity index (χ2v) is 3.81. The van der Waals surface area contributed by atoms with Gasteiger partial charge in [-0.15, -0.1) is 0 Å². The molecule has 0 saturated carbocycles. The van der Waals surface area contributed by atoms with E-state index in [1.807, 2.05) is 6.92 Å². The van der Waals surface area contributed by atoms with E-state index in [-0.39, 0.29) is 0 Å². The van der Waals surface area contributed by atoms with E-state index in [1.165, 1.54) is 0 Å². The molecule has 0 unspecified atom stereocenters. The van der Waals surface area contributed by atoms with Crippen LogP contribution in [0.25, 0.3) is 0 Å². The van der Waals surface area contributed by atoms with Crippen LogP contribution < -0.4 is 11.1 Å². The van der Waals surface area contributed by atoms with Gasteiger partial charge in [0.15, 0.2) is 0 Å². The lowest BCUT2D eigenvalue weighted by molar-refractivity contribution is -0.139. The molecule has 0 fully saturated rings. The fourth-order valence-corrected chi connectivity index (χ4v) is 1.24. The molecule has 0 saturated heterocycles. The number of rotatable bonds is 9. The lowest BCUT2D eigenvalue weighted by Gasteiger charge is -2.14. The van der Waals surface area contributed by atoms with Crippen LogP contribution in [0.5, 0.6) is 0 Å². The van der Waals surface area contributed by atoms with Gasteiger partial charge < -0.3 is 20.9 Å². The number of hydrogen-bond acceptors (Lipinski definition) is 4. The molecule has 4 N–H and O–H groups in total. The van der Waals surface area contributed by atoms with Gasteiger partial charge in [0, 0.05) is 0 Å². The number of aliphatic carboxylic acids is 1. The van der Waals surface area contributed by atoms with Gasteiger partial charge in [0.05, 0.1) is 6.61 Å². The molecule has 0 rings (SSSR count). The Morgan fingerprint density at radius 1 is 1.35 bits per heavy atom. The number of hydrogen-bond donors (Lipinski definition) is 3. The molecule has 6 heteroatoms. The number of ether oxygens (including phenoxy) is 1. The van der Waals surface area contributed by atoms with Crippen molar-refractivity contribution in [2.24, 2.45) is 5.73 Å². The predicted octanol–water partition coefficient (Wildman–Crippen LogP) is 1.09. The highest BCUT2D eigenvalue weighted by molar-refractivity contribution is 5.79. The minimum atomic E-state index is -1.05. The zero-order valence-electron chi connectivity index (χ0n) is 10.3. The van der Waals surface area contributed by atoms with Crippen molar-refractivity contribution >= 4 is 12.1 Å². The highest BCUT2D eigenvalue weighted by Gasteiger charge is 2.19. The van der Waals surface area contributed by atoms with Gasteiger partial charge in [0.2, 0.25) is 0 Å². The summed E-state index contributed by atoms with van der Waals surface area (Å²) in [6.45, 7) is 2.82. The first kappa shape index (κ1) is 15.7. The Balaban J connectivity index is 3.89. The molecule has 100 valence electrons. The number of carbonyl (C=O) groups is 2. The van der Waals surface area contributed by atoms with E-state index in [1.54, 1.807) is 0 Å². The minimum absolute atomic E-state index is 0.317. The molecule has 17 heavy (non-hydrogen) atoms. The molecule has 0 bridgehead atoms. The van der Waals surface area contributed by atoms with Crippen molar-refractivity contribution in [3.63, 3.8) is 0 Å². The largest absolute Gasteiger partial charge is 0.480 e. The van der Waals surface area contributed by atoms with Gasteiger partial charge in [-0.2, -0.15) is 0 Å². The maximum atomic E-state index is 11.2. The Hall–Kier alpha value is -1.30. The summed E-state index contributed by atoms with van der Waals surface area (Å²) in [7, 11) is 0. The molecule has 1 atom stereocenters. The first-order chi connectivity index (χ1) is 8.11. The molecular weight excluding hydrogens is 224 g/mol. The molecule has 0 heterocycles. The first-order valence-electron chi connectivity index (χ1n) is 5.98. The molecule has 0 aliphatic carbocycles. The normalized spacial score (nSPS) is 11.9. The van der Waals surface area contributed by atoms with Crippen molar-refractivity contribution in [1.29, 1.82) is 0 Å². The van der Waals surface area contributed by atoms with Crippen LogP contribution >= 0.6 is 0 Å². The first-order valence-corrected chi connectivity index (χ1v) is 5.98. The maximum Gasteiger partial charge on any atom is 0.407 e. The summed E-state index contributed by atoms with van der Waals surface area (Å²) >= 11 is 0. The smallest absolute Gasteiger partial charge is 0.407 e. The zero-order chi connectivity index (χ0) is 13.1. The summed E-state index contributed by atoms with van der Waals surface area (Å²) in [4.78, 5) is 22.1. The highest BCUT2D eigenvalue weighted by atomic mass is 16.5. The van der Waals surface area contributed by atoms with Crippen molar-refractivity contribution < 1.29 is 19.4 Å². The number of carboxylic acids is 1. The fraction of sp³-hybridized carbons (Fsp3) is 0.818. The summed E-state index contributed by atoms with van der Waals surface area (Å²) in [5.41, 5.74) is 5.31. The van der Waals surface area contributed by atoms with Crippen LogP contribution in [0.4, 0.5) is 4.79 Å². The van der Waals surface area contributed by atoms with Gasteiger partial charge in [0.1, 0.15) is 6.04 Å². The second kappa shape index (κ2) is 9.89. The van der Waals surface area contributed by atoms with Crippen LogP contribution in [0.3, 0.4) is 0 Å². The van der Waals surface area contributed by atoms with E-state index in [9.17, 15) is 9.59 Å². The molecule has 0 spiro atoms. The monoisotopic (exact) mass is 246 g/mol. The number of nitrogens with one attached hydrogen (secondary N) is 1. The van der Waals surface area contributed by atoms with Gasteiger partial charge in [-0.25, -0.2) is 9.59 Å². The molecular formula is C11H22N2O4. The van der Waals surface area contributed by atoms with E-state index in [0.717, 1.165) is 19.3 Å². The molecule has 1 amide bonds. The number of nitrogens with two attached hydrogens (primary N) is 1. The number of alkyl carbamates (subject to hydrolysis) is 1. The average Bonchev–Trinajstić information content (AvgIpc) is 2.28. The molecule has 6 nitrogen and oxygen atoms in total. The third-order valence-corrected chi connectivity index (χ3v) is 2.27. The quantitative estimate of drug-likeness (QED) is 0.529. The average molecular weight is 246 g/mol. The Labute approximate surface area is 102 Å². The third-order valence-electron chi connectivity index (χ3n) is 2.27. The van der Waals surface area contributed by atoms with E-state index in [2.05, 4.69) is 5.32 Å². The van der Waals surface area contributed by atoms with E-state index in [0.29, 0.717) is 26.0 Å². The van der Waals surface area contributed by atoms with Crippen LogP contribution in [0, 0.1) is 0 Å². The summed E-state index contributed by atoms with van der Waals surface area (Å²) in [6, 6.07) is -0.893. The minimum Gasteiger partial charge on any atom is -0.480 e. The maximum absolute atomic E-state index is 11.2. The Bertz CT molecular complexity index is 234. The molecule has 0 aliphatic heterocycles. The van der Waals surface area contributed by atoms with Crippen molar-refractivity contribution in [3.8, 4) is 0 Å². The summed E-state index contributed by atoms with van der Waals surface area (Å²) in [6.07, 6.45) is 2.82. The van der Waals surface area contributed by atoms with E-state index < -0.39 is 18.1 Å². The van der Waals surface area contributed by atoms with Crippen molar-refractivity contribution in [1.82, 2.24) is 5.32 Å². The molecule has 0 aromatic carbocycles. The number of carbonyl (C=O) groups excluding carboxylic acids is 1. The highest BCUT2D eigenvalue weighted by Crippen LogP contribution is 2.01. The number of carboxylic acid groups (broad SMARTS) is 1. The summed E-state index contributed by atoms with van der Waals surface area (Å²) < 4.78 is 4.83. The van der Waals surface area contributed by atoms with Gasteiger partial charge in [-0.3, -0.25) is 0 Å². The summed E-state index contributed by atoms with van der Waals surface area (Å²) in [5.74, 6) is -1.05. The van der Waals surface area contributed by atoms with Gasteiger partial charge in [-0.05, 0) is 32.2 Å². The van der Waals surface area contributed by atoms with Crippen molar-refractivity contribution in [3.05, 3.63) is 0 Å². The summed E-state index contributed by atoms with van der Waals surface area (Å²) in [5, 5.41) is 11.2. The van der Waals surface area contributed by atoms with Crippen LogP contribution in [0.2, 0.25) is 0 Å². The van der Waals surface area contributed by atoms with Crippen LogP contribution in [-0.2, 0) is 9.53 Å². The Morgan fingerprint density at radius 3 is 2.59 bits per heavy atom.